The average molecular weight is 713 g/mol. The third-order valence-electron chi connectivity index (χ3n) is 10.4. The van der Waals surface area contributed by atoms with Gasteiger partial charge in [-0.15, -0.1) is 11.3 Å². The molecular formula is C49H36N4S. The Kier molecular flexibility index (Phi) is 7.53. The summed E-state index contributed by atoms with van der Waals surface area (Å²) in [6.45, 7) is 6.82. The van der Waals surface area contributed by atoms with Crippen LogP contribution in [-0.4, -0.2) is 19.5 Å². The Hall–Kier alpha value is -6.43. The molecule has 0 N–H and O–H groups in total. The zero-order chi connectivity index (χ0) is 36.4. The van der Waals surface area contributed by atoms with E-state index in [1.165, 1.54) is 36.5 Å². The molecule has 3 heterocycles. The fourth-order valence-corrected chi connectivity index (χ4v) is 8.71. The highest BCUT2D eigenvalue weighted by Gasteiger charge is 2.22. The van der Waals surface area contributed by atoms with Crippen molar-refractivity contribution in [2.75, 3.05) is 0 Å². The van der Waals surface area contributed by atoms with Gasteiger partial charge in [-0.1, -0.05) is 142 Å². The molecule has 0 unspecified atom stereocenters. The molecular weight excluding hydrogens is 677 g/mol. The van der Waals surface area contributed by atoms with E-state index in [4.69, 9.17) is 15.0 Å². The number of rotatable bonds is 5. The van der Waals surface area contributed by atoms with Crippen molar-refractivity contribution in [3.05, 3.63) is 169 Å². The lowest BCUT2D eigenvalue weighted by atomic mass is 9.86. The van der Waals surface area contributed by atoms with Gasteiger partial charge in [0.1, 0.15) is 0 Å². The van der Waals surface area contributed by atoms with Crippen LogP contribution in [0.2, 0.25) is 0 Å². The summed E-state index contributed by atoms with van der Waals surface area (Å²) < 4.78 is 4.99. The van der Waals surface area contributed by atoms with E-state index in [0.717, 1.165) is 44.5 Å². The van der Waals surface area contributed by atoms with Crippen LogP contribution in [0.15, 0.2) is 164 Å². The van der Waals surface area contributed by atoms with Gasteiger partial charge in [0.15, 0.2) is 17.5 Å². The monoisotopic (exact) mass is 712 g/mol. The summed E-state index contributed by atoms with van der Waals surface area (Å²) in [4.78, 5) is 15.6. The standard InChI is InChI=1S/C49H36N4S/c1-49(2,3)35-24-25-37-36-18-10-12-20-41(36)53(43(37)30-35)42-26-22-33(34-23-27-45-39(28-34)38-19-11-13-21-44(38)54-45)29-40(42)48-51-46(31-14-6-4-7-15-31)50-47(52-48)32-16-8-5-9-17-32/h4-30H,1-3H3. The van der Waals surface area contributed by atoms with Crippen LogP contribution in [-0.2, 0) is 5.41 Å². The lowest BCUT2D eigenvalue weighted by Crippen LogP contribution is -2.11. The second-order valence-electron chi connectivity index (χ2n) is 14.9. The van der Waals surface area contributed by atoms with Gasteiger partial charge in [0, 0.05) is 47.6 Å². The average Bonchev–Trinajstić information content (AvgIpc) is 3.76. The quantitative estimate of drug-likeness (QED) is 0.178. The molecule has 0 aliphatic carbocycles. The SMILES string of the molecule is CC(C)(C)c1ccc2c3ccccc3n(-c3ccc(-c4ccc5sc6ccccc6c5c4)cc3-c3nc(-c4ccccc4)nc(-c4ccccc4)n3)c2c1. The molecule has 0 bridgehead atoms. The molecule has 5 heteroatoms. The third kappa shape index (κ3) is 5.48. The maximum Gasteiger partial charge on any atom is 0.166 e. The molecule has 0 spiro atoms. The van der Waals surface area contributed by atoms with Crippen LogP contribution >= 0.6 is 11.3 Å². The van der Waals surface area contributed by atoms with Gasteiger partial charge in [-0.3, -0.25) is 0 Å². The van der Waals surface area contributed by atoms with Gasteiger partial charge < -0.3 is 4.57 Å². The number of aromatic nitrogens is 4. The van der Waals surface area contributed by atoms with Gasteiger partial charge in [0.25, 0.3) is 0 Å². The molecule has 0 saturated carbocycles. The number of fused-ring (bicyclic) bond motifs is 6. The van der Waals surface area contributed by atoms with Crippen LogP contribution < -0.4 is 0 Å². The van der Waals surface area contributed by atoms with Gasteiger partial charge in [0.2, 0.25) is 0 Å². The van der Waals surface area contributed by atoms with E-state index < -0.39 is 0 Å². The minimum absolute atomic E-state index is 0.0178. The second kappa shape index (κ2) is 12.6. The smallest absolute Gasteiger partial charge is 0.166 e. The molecule has 10 aromatic rings. The third-order valence-corrected chi connectivity index (χ3v) is 11.6. The van der Waals surface area contributed by atoms with Crippen molar-refractivity contribution in [2.24, 2.45) is 0 Å². The number of hydrogen-bond acceptors (Lipinski definition) is 4. The number of hydrogen-bond donors (Lipinski definition) is 0. The summed E-state index contributed by atoms with van der Waals surface area (Å²) in [5.41, 5.74) is 9.65. The molecule has 0 atom stereocenters. The molecule has 7 aromatic carbocycles. The van der Waals surface area contributed by atoms with E-state index in [1.807, 2.05) is 47.7 Å². The summed E-state index contributed by atoms with van der Waals surface area (Å²) in [5, 5.41) is 4.99. The lowest BCUT2D eigenvalue weighted by Gasteiger charge is -2.20. The zero-order valence-corrected chi connectivity index (χ0v) is 31.1. The molecule has 0 saturated heterocycles. The van der Waals surface area contributed by atoms with Crippen molar-refractivity contribution in [2.45, 2.75) is 26.2 Å². The first-order valence-corrected chi connectivity index (χ1v) is 19.2. The van der Waals surface area contributed by atoms with Gasteiger partial charge in [-0.2, -0.15) is 0 Å². The summed E-state index contributed by atoms with van der Waals surface area (Å²) in [6, 6.07) is 58.3. The van der Waals surface area contributed by atoms with Crippen LogP contribution in [0.25, 0.3) is 93.0 Å². The summed E-state index contributed by atoms with van der Waals surface area (Å²) in [5.74, 6) is 1.90. The zero-order valence-electron chi connectivity index (χ0n) is 30.3. The molecule has 0 fully saturated rings. The van der Waals surface area contributed by atoms with E-state index >= 15 is 0 Å². The van der Waals surface area contributed by atoms with E-state index in [-0.39, 0.29) is 5.41 Å². The molecule has 258 valence electrons. The van der Waals surface area contributed by atoms with Crippen molar-refractivity contribution in [3.63, 3.8) is 0 Å². The molecule has 3 aromatic heterocycles. The Labute approximate surface area is 318 Å². The van der Waals surface area contributed by atoms with Crippen LogP contribution in [0, 0.1) is 0 Å². The fraction of sp³-hybridized carbons (Fsp3) is 0.0816. The molecule has 10 rings (SSSR count). The highest BCUT2D eigenvalue weighted by atomic mass is 32.1. The normalized spacial score (nSPS) is 12.0. The van der Waals surface area contributed by atoms with Crippen molar-refractivity contribution in [3.8, 4) is 51.0 Å². The highest BCUT2D eigenvalue weighted by molar-refractivity contribution is 7.25. The first-order chi connectivity index (χ1) is 26.4. The Morgan fingerprint density at radius 3 is 1.72 bits per heavy atom. The maximum atomic E-state index is 5.27. The van der Waals surface area contributed by atoms with Crippen molar-refractivity contribution >= 4 is 53.3 Å². The van der Waals surface area contributed by atoms with Crippen molar-refractivity contribution in [1.82, 2.24) is 19.5 Å². The Bertz CT molecular complexity index is 2970. The van der Waals surface area contributed by atoms with Crippen LogP contribution in [0.3, 0.4) is 0 Å². The Balaban J connectivity index is 1.28. The molecule has 0 amide bonds. The van der Waals surface area contributed by atoms with E-state index in [9.17, 15) is 0 Å². The topological polar surface area (TPSA) is 43.6 Å². The van der Waals surface area contributed by atoms with Crippen molar-refractivity contribution in [1.29, 1.82) is 0 Å². The van der Waals surface area contributed by atoms with Gasteiger partial charge in [-0.25, -0.2) is 15.0 Å². The molecule has 0 radical (unpaired) electrons. The molecule has 0 aliphatic heterocycles. The minimum Gasteiger partial charge on any atom is -0.308 e. The molecule has 54 heavy (non-hydrogen) atoms. The second-order valence-corrected chi connectivity index (χ2v) is 16.0. The summed E-state index contributed by atoms with van der Waals surface area (Å²) >= 11 is 1.84. The Morgan fingerprint density at radius 1 is 0.426 bits per heavy atom. The van der Waals surface area contributed by atoms with E-state index in [1.54, 1.807) is 0 Å². The Morgan fingerprint density at radius 2 is 1.00 bits per heavy atom. The van der Waals surface area contributed by atoms with Gasteiger partial charge in [0.05, 0.1) is 16.7 Å². The maximum absolute atomic E-state index is 5.27. The number of para-hydroxylation sites is 1. The molecule has 4 nitrogen and oxygen atoms in total. The highest BCUT2D eigenvalue weighted by Crippen LogP contribution is 2.41. The first-order valence-electron chi connectivity index (χ1n) is 18.4. The minimum atomic E-state index is -0.0178. The summed E-state index contributed by atoms with van der Waals surface area (Å²) in [6.07, 6.45) is 0. The van der Waals surface area contributed by atoms with Gasteiger partial charge >= 0.3 is 0 Å². The lowest BCUT2D eigenvalue weighted by molar-refractivity contribution is 0.591. The van der Waals surface area contributed by atoms with Crippen LogP contribution in [0.1, 0.15) is 26.3 Å². The number of thiophene rings is 1. The number of nitrogens with zero attached hydrogens (tertiary/aromatic N) is 4. The number of benzene rings is 7. The van der Waals surface area contributed by atoms with E-state index in [2.05, 4.69) is 153 Å². The predicted molar refractivity (Wildman–Crippen MR) is 227 cm³/mol. The predicted octanol–water partition coefficient (Wildman–Crippen LogP) is 13.3. The van der Waals surface area contributed by atoms with Crippen LogP contribution in [0.5, 0.6) is 0 Å². The van der Waals surface area contributed by atoms with Crippen molar-refractivity contribution < 1.29 is 0 Å². The van der Waals surface area contributed by atoms with Crippen LogP contribution in [0.4, 0.5) is 0 Å². The largest absolute Gasteiger partial charge is 0.308 e. The summed E-state index contributed by atoms with van der Waals surface area (Å²) in [7, 11) is 0. The fourth-order valence-electron chi connectivity index (χ4n) is 7.62. The molecule has 0 aliphatic rings. The first kappa shape index (κ1) is 32.2. The van der Waals surface area contributed by atoms with Gasteiger partial charge in [-0.05, 0) is 64.6 Å². The van der Waals surface area contributed by atoms with E-state index in [0.29, 0.717) is 17.5 Å².